The SMILES string of the molecule is Cc1oc(-c2cc(F)cc(F)c2)nc1CN1CCC[C@@H](O)C1. The summed E-state index contributed by atoms with van der Waals surface area (Å²) >= 11 is 0. The second kappa shape index (κ2) is 6.14. The van der Waals surface area contributed by atoms with Gasteiger partial charge < -0.3 is 9.52 Å². The Morgan fingerprint density at radius 3 is 2.73 bits per heavy atom. The summed E-state index contributed by atoms with van der Waals surface area (Å²) in [5.41, 5.74) is 1.01. The summed E-state index contributed by atoms with van der Waals surface area (Å²) in [5, 5.41) is 9.70. The minimum atomic E-state index is -0.661. The van der Waals surface area contributed by atoms with Gasteiger partial charge in [-0.2, -0.15) is 0 Å². The predicted octanol–water partition coefficient (Wildman–Crippen LogP) is 2.88. The summed E-state index contributed by atoms with van der Waals surface area (Å²) in [7, 11) is 0. The highest BCUT2D eigenvalue weighted by atomic mass is 19.1. The maximum Gasteiger partial charge on any atom is 0.226 e. The zero-order valence-electron chi connectivity index (χ0n) is 12.4. The number of rotatable bonds is 3. The molecule has 1 N–H and O–H groups in total. The number of oxazole rings is 1. The Balaban J connectivity index is 1.81. The maximum atomic E-state index is 13.3. The molecule has 0 radical (unpaired) electrons. The number of β-amino-alcohol motifs (C(OH)–C–C–N with tert-alkyl or cyclic N) is 1. The molecule has 0 aliphatic carbocycles. The highest BCUT2D eigenvalue weighted by Crippen LogP contribution is 2.25. The highest BCUT2D eigenvalue weighted by molar-refractivity contribution is 5.53. The molecule has 1 aromatic heterocycles. The minimum Gasteiger partial charge on any atom is -0.441 e. The molecule has 1 aromatic carbocycles. The maximum absolute atomic E-state index is 13.3. The van der Waals surface area contributed by atoms with Crippen LogP contribution < -0.4 is 0 Å². The van der Waals surface area contributed by atoms with Crippen molar-refractivity contribution in [3.8, 4) is 11.5 Å². The number of aromatic nitrogens is 1. The first-order chi connectivity index (χ1) is 10.5. The lowest BCUT2D eigenvalue weighted by molar-refractivity contribution is 0.0660. The molecular weight excluding hydrogens is 290 g/mol. The van der Waals surface area contributed by atoms with Gasteiger partial charge in [0.05, 0.1) is 11.8 Å². The van der Waals surface area contributed by atoms with Crippen LogP contribution in [0.15, 0.2) is 22.6 Å². The van der Waals surface area contributed by atoms with Crippen LogP contribution >= 0.6 is 0 Å². The fourth-order valence-electron chi connectivity index (χ4n) is 2.76. The third kappa shape index (κ3) is 3.34. The fourth-order valence-corrected chi connectivity index (χ4v) is 2.76. The molecule has 1 saturated heterocycles. The van der Waals surface area contributed by atoms with Crippen LogP contribution in [0.5, 0.6) is 0 Å². The van der Waals surface area contributed by atoms with Gasteiger partial charge in [-0.1, -0.05) is 0 Å². The van der Waals surface area contributed by atoms with Gasteiger partial charge in [-0.3, -0.25) is 4.90 Å². The molecule has 0 unspecified atom stereocenters. The molecular formula is C16H18F2N2O2. The van der Waals surface area contributed by atoms with Crippen LogP contribution in [0.25, 0.3) is 11.5 Å². The van der Waals surface area contributed by atoms with Crippen molar-refractivity contribution in [3.63, 3.8) is 0 Å². The second-order valence-corrected chi connectivity index (χ2v) is 5.71. The van der Waals surface area contributed by atoms with Crippen LogP contribution in [0.3, 0.4) is 0 Å². The van der Waals surface area contributed by atoms with Crippen LogP contribution in [-0.2, 0) is 6.54 Å². The molecule has 6 heteroatoms. The summed E-state index contributed by atoms with van der Waals surface area (Å²) in [4.78, 5) is 6.46. The van der Waals surface area contributed by atoms with Crippen molar-refractivity contribution < 1.29 is 18.3 Å². The largest absolute Gasteiger partial charge is 0.441 e. The van der Waals surface area contributed by atoms with E-state index in [1.807, 2.05) is 0 Å². The summed E-state index contributed by atoms with van der Waals surface area (Å²) in [6.45, 7) is 3.84. The molecule has 2 aromatic rings. The van der Waals surface area contributed by atoms with Gasteiger partial charge in [-0.05, 0) is 38.4 Å². The van der Waals surface area contributed by atoms with E-state index in [2.05, 4.69) is 9.88 Å². The number of aryl methyl sites for hydroxylation is 1. The lowest BCUT2D eigenvalue weighted by Crippen LogP contribution is -2.37. The molecule has 3 rings (SSSR count). The van der Waals surface area contributed by atoms with Crippen molar-refractivity contribution >= 4 is 0 Å². The number of benzene rings is 1. The number of likely N-dealkylation sites (tertiary alicyclic amines) is 1. The van der Waals surface area contributed by atoms with Crippen molar-refractivity contribution in [2.24, 2.45) is 0 Å². The van der Waals surface area contributed by atoms with Gasteiger partial charge in [0.15, 0.2) is 0 Å². The van der Waals surface area contributed by atoms with E-state index in [0.29, 0.717) is 18.8 Å². The molecule has 118 valence electrons. The Morgan fingerprint density at radius 2 is 2.05 bits per heavy atom. The third-order valence-corrected chi connectivity index (χ3v) is 3.86. The smallest absolute Gasteiger partial charge is 0.226 e. The number of piperidine rings is 1. The second-order valence-electron chi connectivity index (χ2n) is 5.71. The van der Waals surface area contributed by atoms with Crippen molar-refractivity contribution in [2.45, 2.75) is 32.4 Å². The van der Waals surface area contributed by atoms with E-state index in [9.17, 15) is 13.9 Å². The minimum absolute atomic E-state index is 0.212. The van der Waals surface area contributed by atoms with Crippen molar-refractivity contribution in [1.29, 1.82) is 0 Å². The highest BCUT2D eigenvalue weighted by Gasteiger charge is 2.21. The Kier molecular flexibility index (Phi) is 4.22. The fraction of sp³-hybridized carbons (Fsp3) is 0.438. The van der Waals surface area contributed by atoms with E-state index in [1.165, 1.54) is 12.1 Å². The number of halogens is 2. The summed E-state index contributed by atoms with van der Waals surface area (Å²) in [5.74, 6) is -0.485. The quantitative estimate of drug-likeness (QED) is 0.947. The van der Waals surface area contributed by atoms with E-state index in [-0.39, 0.29) is 17.6 Å². The van der Waals surface area contributed by atoms with Crippen molar-refractivity contribution in [3.05, 3.63) is 41.3 Å². The number of nitrogens with zero attached hydrogens (tertiary/aromatic N) is 2. The molecule has 2 heterocycles. The lowest BCUT2D eigenvalue weighted by atomic mass is 10.1. The van der Waals surface area contributed by atoms with Crippen LogP contribution in [0.1, 0.15) is 24.3 Å². The van der Waals surface area contributed by atoms with Crippen molar-refractivity contribution in [1.82, 2.24) is 9.88 Å². The first kappa shape index (κ1) is 15.1. The Hall–Kier alpha value is -1.79. The van der Waals surface area contributed by atoms with Gasteiger partial charge in [-0.25, -0.2) is 13.8 Å². The van der Waals surface area contributed by atoms with E-state index in [4.69, 9.17) is 4.42 Å². The first-order valence-corrected chi connectivity index (χ1v) is 7.34. The Labute approximate surface area is 127 Å². The summed E-state index contributed by atoms with van der Waals surface area (Å²) in [6, 6.07) is 3.21. The van der Waals surface area contributed by atoms with Crippen LogP contribution in [0, 0.1) is 18.6 Å². The standard InChI is InChI=1S/C16H18F2N2O2/c1-10-15(9-20-4-2-3-14(21)8-20)19-16(22-10)11-5-12(17)7-13(18)6-11/h5-7,14,21H,2-4,8-9H2,1H3/t14-/m1/s1. The van der Waals surface area contributed by atoms with Crippen LogP contribution in [-0.4, -0.2) is 34.2 Å². The van der Waals surface area contributed by atoms with Gasteiger partial charge >= 0.3 is 0 Å². The Bertz CT molecular complexity index is 652. The summed E-state index contributed by atoms with van der Waals surface area (Å²) in [6.07, 6.45) is 1.46. The topological polar surface area (TPSA) is 49.5 Å². The van der Waals surface area contributed by atoms with Crippen molar-refractivity contribution in [2.75, 3.05) is 13.1 Å². The molecule has 1 atom stereocenters. The monoisotopic (exact) mass is 308 g/mol. The zero-order chi connectivity index (χ0) is 15.7. The average molecular weight is 308 g/mol. The summed E-state index contributed by atoms with van der Waals surface area (Å²) < 4.78 is 32.1. The van der Waals surface area contributed by atoms with E-state index >= 15 is 0 Å². The van der Waals surface area contributed by atoms with Crippen LogP contribution in [0.4, 0.5) is 8.78 Å². The number of hydrogen-bond acceptors (Lipinski definition) is 4. The number of aliphatic hydroxyl groups is 1. The zero-order valence-corrected chi connectivity index (χ0v) is 12.4. The molecule has 1 aliphatic heterocycles. The van der Waals surface area contributed by atoms with Gasteiger partial charge in [0, 0.05) is 24.7 Å². The van der Waals surface area contributed by atoms with Crippen LogP contribution in [0.2, 0.25) is 0 Å². The first-order valence-electron chi connectivity index (χ1n) is 7.34. The van der Waals surface area contributed by atoms with Gasteiger partial charge in [0.25, 0.3) is 0 Å². The average Bonchev–Trinajstić information content (AvgIpc) is 2.79. The van der Waals surface area contributed by atoms with Gasteiger partial charge in [0.2, 0.25) is 5.89 Å². The van der Waals surface area contributed by atoms with E-state index in [0.717, 1.165) is 31.1 Å². The molecule has 0 bridgehead atoms. The molecule has 0 saturated carbocycles. The number of aliphatic hydroxyl groups excluding tert-OH is 1. The predicted molar refractivity (Wildman–Crippen MR) is 77.1 cm³/mol. The molecule has 0 amide bonds. The third-order valence-electron chi connectivity index (χ3n) is 3.86. The number of hydrogen-bond donors (Lipinski definition) is 1. The molecule has 1 aliphatic rings. The molecule has 4 nitrogen and oxygen atoms in total. The van der Waals surface area contributed by atoms with E-state index in [1.54, 1.807) is 6.92 Å². The lowest BCUT2D eigenvalue weighted by Gasteiger charge is -2.29. The molecule has 0 spiro atoms. The van der Waals surface area contributed by atoms with Gasteiger partial charge in [-0.15, -0.1) is 0 Å². The van der Waals surface area contributed by atoms with Gasteiger partial charge in [0.1, 0.15) is 17.4 Å². The molecule has 22 heavy (non-hydrogen) atoms. The normalized spacial score (nSPS) is 19.5. The van der Waals surface area contributed by atoms with E-state index < -0.39 is 11.6 Å². The Morgan fingerprint density at radius 1 is 1.32 bits per heavy atom. The molecule has 1 fully saturated rings.